The Bertz CT molecular complexity index is 377. The fourth-order valence-electron chi connectivity index (χ4n) is 0.973. The number of nitrogens with zero attached hydrogens (tertiary/aromatic N) is 1. The van der Waals surface area contributed by atoms with Crippen LogP contribution in [0.5, 0.6) is 0 Å². The fourth-order valence-corrected chi connectivity index (χ4v) is 2.10. The number of hydrogen-bond donors (Lipinski definition) is 0. The Morgan fingerprint density at radius 1 is 1.60 bits per heavy atom. The van der Waals surface area contributed by atoms with Crippen molar-refractivity contribution in [2.75, 3.05) is 20.7 Å². The van der Waals surface area contributed by atoms with Crippen molar-refractivity contribution in [3.05, 3.63) is 20.8 Å². The van der Waals surface area contributed by atoms with Crippen LogP contribution in [0, 0.1) is 0 Å². The molecule has 6 heteroatoms. The summed E-state index contributed by atoms with van der Waals surface area (Å²) in [6, 6.07) is 1.72. The molecule has 82 valence electrons. The lowest BCUT2D eigenvalue weighted by Crippen LogP contribution is -2.32. The molecule has 0 fully saturated rings. The Labute approximate surface area is 100.0 Å². The first-order chi connectivity index (χ1) is 7.04. The standard InChI is InChI=1S/C9H10BrNO3S/c1-11(4-8(12)14-2)9(13)6-3-7(10)15-5-6/h3,5H,4H2,1-2H3. The van der Waals surface area contributed by atoms with Crippen LogP contribution in [0.1, 0.15) is 10.4 Å². The molecule has 0 aliphatic heterocycles. The Morgan fingerprint density at radius 3 is 2.73 bits per heavy atom. The van der Waals surface area contributed by atoms with Gasteiger partial charge in [0.2, 0.25) is 0 Å². The van der Waals surface area contributed by atoms with Crippen LogP contribution < -0.4 is 0 Å². The predicted molar refractivity (Wildman–Crippen MR) is 61.0 cm³/mol. The number of halogens is 1. The number of ether oxygens (including phenoxy) is 1. The van der Waals surface area contributed by atoms with Gasteiger partial charge in [-0.05, 0) is 22.0 Å². The van der Waals surface area contributed by atoms with Crippen LogP contribution in [0.3, 0.4) is 0 Å². The van der Waals surface area contributed by atoms with Gasteiger partial charge in [0.15, 0.2) is 0 Å². The fraction of sp³-hybridized carbons (Fsp3) is 0.333. The van der Waals surface area contributed by atoms with Crippen molar-refractivity contribution in [3.63, 3.8) is 0 Å². The van der Waals surface area contributed by atoms with Crippen LogP contribution in [-0.4, -0.2) is 37.5 Å². The van der Waals surface area contributed by atoms with Crippen molar-refractivity contribution < 1.29 is 14.3 Å². The highest BCUT2D eigenvalue weighted by atomic mass is 79.9. The minimum atomic E-state index is -0.430. The second-order valence-corrected chi connectivity index (χ2v) is 5.17. The van der Waals surface area contributed by atoms with Crippen LogP contribution >= 0.6 is 27.3 Å². The summed E-state index contributed by atoms with van der Waals surface area (Å²) in [6.45, 7) is -0.0389. The summed E-state index contributed by atoms with van der Waals surface area (Å²) in [5.74, 6) is -0.623. The number of methoxy groups -OCH3 is 1. The van der Waals surface area contributed by atoms with Crippen molar-refractivity contribution in [3.8, 4) is 0 Å². The molecule has 0 unspecified atom stereocenters. The lowest BCUT2D eigenvalue weighted by Gasteiger charge is -2.14. The van der Waals surface area contributed by atoms with Crippen molar-refractivity contribution in [1.29, 1.82) is 0 Å². The molecule has 1 rings (SSSR count). The Morgan fingerprint density at radius 2 is 2.27 bits per heavy atom. The first-order valence-electron chi connectivity index (χ1n) is 4.11. The highest BCUT2D eigenvalue weighted by Gasteiger charge is 2.16. The van der Waals surface area contributed by atoms with Crippen LogP contribution in [0.15, 0.2) is 15.2 Å². The number of amides is 1. The molecule has 1 aromatic heterocycles. The molecule has 0 N–H and O–H groups in total. The first kappa shape index (κ1) is 12.2. The highest BCUT2D eigenvalue weighted by Crippen LogP contribution is 2.21. The van der Waals surface area contributed by atoms with Gasteiger partial charge < -0.3 is 9.64 Å². The number of carbonyl (C=O) groups excluding carboxylic acids is 2. The molecular weight excluding hydrogens is 282 g/mol. The van der Waals surface area contributed by atoms with E-state index < -0.39 is 5.97 Å². The molecule has 0 atom stereocenters. The minimum absolute atomic E-state index is 0.0389. The molecular formula is C9H10BrNO3S. The molecule has 4 nitrogen and oxygen atoms in total. The number of likely N-dealkylation sites (N-methyl/N-ethyl adjacent to an activating group) is 1. The lowest BCUT2D eigenvalue weighted by molar-refractivity contribution is -0.141. The monoisotopic (exact) mass is 291 g/mol. The van der Waals surface area contributed by atoms with Crippen molar-refractivity contribution in [1.82, 2.24) is 4.90 Å². The van der Waals surface area contributed by atoms with E-state index in [4.69, 9.17) is 0 Å². The Hall–Kier alpha value is -0.880. The van der Waals surface area contributed by atoms with E-state index in [2.05, 4.69) is 20.7 Å². The molecule has 1 heterocycles. The minimum Gasteiger partial charge on any atom is -0.468 e. The summed E-state index contributed by atoms with van der Waals surface area (Å²) < 4.78 is 5.36. The normalized spacial score (nSPS) is 9.80. The number of esters is 1. The molecule has 0 saturated carbocycles. The maximum Gasteiger partial charge on any atom is 0.325 e. The number of rotatable bonds is 3. The Balaban J connectivity index is 2.64. The van der Waals surface area contributed by atoms with Gasteiger partial charge in [0.1, 0.15) is 6.54 Å². The van der Waals surface area contributed by atoms with E-state index in [1.165, 1.54) is 23.3 Å². The van der Waals surface area contributed by atoms with Gasteiger partial charge in [-0.25, -0.2) is 0 Å². The summed E-state index contributed by atoms with van der Waals surface area (Å²) in [7, 11) is 2.85. The zero-order valence-electron chi connectivity index (χ0n) is 8.32. The van der Waals surface area contributed by atoms with E-state index in [9.17, 15) is 9.59 Å². The van der Waals surface area contributed by atoms with Gasteiger partial charge >= 0.3 is 5.97 Å². The quantitative estimate of drug-likeness (QED) is 0.797. The summed E-state index contributed by atoms with van der Waals surface area (Å²) in [5.41, 5.74) is 0.568. The average molecular weight is 292 g/mol. The maximum absolute atomic E-state index is 11.7. The molecule has 0 aromatic carbocycles. The summed E-state index contributed by atoms with van der Waals surface area (Å²) in [4.78, 5) is 24.0. The van der Waals surface area contributed by atoms with Gasteiger partial charge in [0.05, 0.1) is 16.5 Å². The SMILES string of the molecule is COC(=O)CN(C)C(=O)c1csc(Br)c1. The van der Waals surface area contributed by atoms with Gasteiger partial charge in [-0.15, -0.1) is 11.3 Å². The van der Waals surface area contributed by atoms with Crippen LogP contribution in [-0.2, 0) is 9.53 Å². The van der Waals surface area contributed by atoms with E-state index in [0.29, 0.717) is 5.56 Å². The maximum atomic E-state index is 11.7. The van der Waals surface area contributed by atoms with Gasteiger partial charge in [-0.2, -0.15) is 0 Å². The molecule has 1 amide bonds. The predicted octanol–water partition coefficient (Wildman–Crippen LogP) is 1.76. The molecule has 0 bridgehead atoms. The number of hydrogen-bond acceptors (Lipinski definition) is 4. The van der Waals surface area contributed by atoms with E-state index in [0.717, 1.165) is 3.79 Å². The summed E-state index contributed by atoms with van der Waals surface area (Å²) in [6.07, 6.45) is 0. The third kappa shape index (κ3) is 3.32. The second kappa shape index (κ2) is 5.27. The lowest BCUT2D eigenvalue weighted by atomic mass is 10.3. The molecule has 1 aromatic rings. The number of carbonyl (C=O) groups is 2. The summed E-state index contributed by atoms with van der Waals surface area (Å²) >= 11 is 4.70. The first-order valence-corrected chi connectivity index (χ1v) is 5.78. The van der Waals surface area contributed by atoms with E-state index in [1.54, 1.807) is 18.5 Å². The molecule has 0 saturated heterocycles. The summed E-state index contributed by atoms with van der Waals surface area (Å²) in [5, 5.41) is 1.74. The molecule has 0 aliphatic carbocycles. The van der Waals surface area contributed by atoms with Gasteiger partial charge in [0.25, 0.3) is 5.91 Å². The molecule has 0 aliphatic rings. The van der Waals surface area contributed by atoms with Crippen molar-refractivity contribution in [2.24, 2.45) is 0 Å². The van der Waals surface area contributed by atoms with Crippen molar-refractivity contribution in [2.45, 2.75) is 0 Å². The average Bonchev–Trinajstić information content (AvgIpc) is 2.63. The largest absolute Gasteiger partial charge is 0.468 e. The van der Waals surface area contributed by atoms with Gasteiger partial charge in [0, 0.05) is 12.4 Å². The molecule has 0 spiro atoms. The topological polar surface area (TPSA) is 46.6 Å². The zero-order valence-corrected chi connectivity index (χ0v) is 10.7. The second-order valence-electron chi connectivity index (χ2n) is 2.88. The third-order valence-electron chi connectivity index (χ3n) is 1.76. The zero-order chi connectivity index (χ0) is 11.4. The molecule has 15 heavy (non-hydrogen) atoms. The van der Waals surface area contributed by atoms with Crippen molar-refractivity contribution >= 4 is 39.1 Å². The highest BCUT2D eigenvalue weighted by molar-refractivity contribution is 9.11. The van der Waals surface area contributed by atoms with Crippen LogP contribution in [0.2, 0.25) is 0 Å². The number of thiophene rings is 1. The van der Waals surface area contributed by atoms with Crippen LogP contribution in [0.25, 0.3) is 0 Å². The van der Waals surface area contributed by atoms with Crippen LogP contribution in [0.4, 0.5) is 0 Å². The van der Waals surface area contributed by atoms with Gasteiger partial charge in [-0.3, -0.25) is 9.59 Å². The smallest absolute Gasteiger partial charge is 0.325 e. The van der Waals surface area contributed by atoms with E-state index >= 15 is 0 Å². The Kier molecular flexibility index (Phi) is 4.28. The van der Waals surface area contributed by atoms with Gasteiger partial charge in [-0.1, -0.05) is 0 Å². The van der Waals surface area contributed by atoms with E-state index in [-0.39, 0.29) is 12.5 Å². The molecule has 0 radical (unpaired) electrons. The third-order valence-corrected chi connectivity index (χ3v) is 3.26. The van der Waals surface area contributed by atoms with E-state index in [1.807, 2.05) is 0 Å².